The lowest BCUT2D eigenvalue weighted by Crippen LogP contribution is -2.47. The predicted octanol–water partition coefficient (Wildman–Crippen LogP) is 7.48. The molecule has 4 rings (SSSR count). The quantitative estimate of drug-likeness (QED) is 0.121. The number of nitrogens with one attached hydrogen (secondary N) is 2. The number of aliphatic imine (C=N–C) groups is 1. The first kappa shape index (κ1) is 36.4. The maximum absolute atomic E-state index is 12.9. The van der Waals surface area contributed by atoms with Crippen molar-refractivity contribution in [3.8, 4) is 5.75 Å². The zero-order valence-electron chi connectivity index (χ0n) is 29.3. The molecule has 3 aromatic rings. The van der Waals surface area contributed by atoms with E-state index in [0.29, 0.717) is 47.1 Å². The Bertz CT molecular complexity index is 1830. The van der Waals surface area contributed by atoms with Gasteiger partial charge in [-0.3, -0.25) is 4.72 Å². The van der Waals surface area contributed by atoms with Crippen LogP contribution in [0.15, 0.2) is 59.6 Å². The summed E-state index contributed by atoms with van der Waals surface area (Å²) in [7, 11) is -3.57. The molecule has 0 unspecified atom stereocenters. The zero-order valence-corrected chi connectivity index (χ0v) is 30.1. The van der Waals surface area contributed by atoms with E-state index in [1.165, 1.54) is 0 Å². The van der Waals surface area contributed by atoms with Crippen LogP contribution in [0, 0.1) is 19.8 Å². The van der Waals surface area contributed by atoms with Gasteiger partial charge in [0.2, 0.25) is 21.9 Å². The number of rotatable bonds is 11. The predicted molar refractivity (Wildman–Crippen MR) is 194 cm³/mol. The number of piperidine rings is 1. The van der Waals surface area contributed by atoms with Crippen molar-refractivity contribution in [2.45, 2.75) is 79.9 Å². The molecule has 0 saturated carbocycles. The molecule has 48 heavy (non-hydrogen) atoms. The van der Waals surface area contributed by atoms with Crippen LogP contribution in [0.3, 0.4) is 0 Å². The van der Waals surface area contributed by atoms with E-state index >= 15 is 0 Å². The van der Waals surface area contributed by atoms with Crippen molar-refractivity contribution in [2.24, 2.45) is 10.9 Å². The fourth-order valence-corrected chi connectivity index (χ4v) is 7.10. The molecule has 2 aromatic carbocycles. The standard InChI is InChI=1S/C36H48N6O5S/c1-10-12-29(30-18-19-38-34(40-30)39-26-13-11-20-42(21-26)35(43)47-36(6,7)8)33(37-9)46-32-25(5)15-16-27-28(32)17-14-24(4)31(27)41-48(44,45)22-23(2)3/h10,12,14-19,23,26,41H,9,11,13,20-22H2,1-8H3,(H,38,39,40)/b12-10-,33-29-/t26-/m0/s1. The molecule has 1 aliphatic heterocycles. The largest absolute Gasteiger partial charge is 0.444 e. The maximum atomic E-state index is 12.9. The molecule has 12 heteroatoms. The number of nitrogens with zero attached hydrogens (tertiary/aromatic N) is 4. The van der Waals surface area contributed by atoms with Gasteiger partial charge in [0.25, 0.3) is 0 Å². The van der Waals surface area contributed by atoms with Crippen LogP contribution < -0.4 is 14.8 Å². The Balaban J connectivity index is 1.67. The number of anilines is 2. The van der Waals surface area contributed by atoms with Crippen molar-refractivity contribution >= 4 is 50.8 Å². The second-order valence-electron chi connectivity index (χ2n) is 13.5. The highest BCUT2D eigenvalue weighted by atomic mass is 32.2. The van der Waals surface area contributed by atoms with Crippen LogP contribution in [0.25, 0.3) is 16.3 Å². The fraction of sp³-hybridized carbons (Fsp3) is 0.444. The molecule has 1 saturated heterocycles. The van der Waals surface area contributed by atoms with Gasteiger partial charge >= 0.3 is 6.09 Å². The van der Waals surface area contributed by atoms with Gasteiger partial charge in [0, 0.05) is 36.1 Å². The van der Waals surface area contributed by atoms with Crippen LogP contribution in [0.2, 0.25) is 0 Å². The molecular weight excluding hydrogens is 629 g/mol. The highest BCUT2D eigenvalue weighted by Crippen LogP contribution is 2.38. The summed E-state index contributed by atoms with van der Waals surface area (Å²) >= 11 is 0. The molecule has 1 amide bonds. The number of aromatic nitrogens is 2. The van der Waals surface area contributed by atoms with Crippen LogP contribution >= 0.6 is 0 Å². The normalized spacial score (nSPS) is 16.2. The Morgan fingerprint density at radius 3 is 2.52 bits per heavy atom. The number of carbonyl (C=O) groups is 1. The smallest absolute Gasteiger partial charge is 0.410 e. The van der Waals surface area contributed by atoms with Crippen LogP contribution in [-0.4, -0.2) is 66.6 Å². The van der Waals surface area contributed by atoms with Gasteiger partial charge in [0.05, 0.1) is 22.7 Å². The lowest BCUT2D eigenvalue weighted by Gasteiger charge is -2.34. The molecule has 0 radical (unpaired) electrons. The molecular formula is C36H48N6O5S. The average molecular weight is 677 g/mol. The molecule has 1 atom stereocenters. The summed E-state index contributed by atoms with van der Waals surface area (Å²) in [6, 6.07) is 9.29. The molecule has 0 bridgehead atoms. The molecule has 2 heterocycles. The molecule has 1 aliphatic rings. The number of amides is 1. The number of sulfonamides is 1. The van der Waals surface area contributed by atoms with Gasteiger partial charge in [0.1, 0.15) is 11.4 Å². The molecule has 0 spiro atoms. The summed E-state index contributed by atoms with van der Waals surface area (Å²) in [4.78, 5) is 27.9. The summed E-state index contributed by atoms with van der Waals surface area (Å²) in [5.74, 6) is 1.14. The van der Waals surface area contributed by atoms with Crippen LogP contribution in [0.5, 0.6) is 5.75 Å². The summed E-state index contributed by atoms with van der Waals surface area (Å²) in [6.07, 6.45) is 6.70. The first-order valence-electron chi connectivity index (χ1n) is 16.2. The SMILES string of the molecule is C=N/C(Oc1c(C)ccc2c(NS(=O)(=O)CC(C)C)c(C)ccc12)=C(\C=C/C)c1ccnc(N[C@H]2CCCN(C(=O)OC(C)(C)C)C2)n1. The third-order valence-corrected chi connectivity index (χ3v) is 9.23. The Hall–Kier alpha value is -4.45. The first-order valence-corrected chi connectivity index (χ1v) is 17.9. The molecule has 2 N–H and O–H groups in total. The maximum Gasteiger partial charge on any atom is 0.410 e. The highest BCUT2D eigenvalue weighted by molar-refractivity contribution is 7.92. The summed E-state index contributed by atoms with van der Waals surface area (Å²) in [5.41, 5.74) is 2.72. The molecule has 1 fully saturated rings. The van der Waals surface area contributed by atoms with Crippen LogP contribution in [-0.2, 0) is 14.8 Å². The Kier molecular flexibility index (Phi) is 11.5. The highest BCUT2D eigenvalue weighted by Gasteiger charge is 2.28. The van der Waals surface area contributed by atoms with E-state index < -0.39 is 15.6 Å². The number of allylic oxidation sites excluding steroid dienone is 3. The van der Waals surface area contributed by atoms with Crippen LogP contribution in [0.1, 0.15) is 71.2 Å². The van der Waals surface area contributed by atoms with E-state index in [2.05, 4.69) is 26.7 Å². The number of hydrogen-bond donors (Lipinski definition) is 2. The van der Waals surface area contributed by atoms with E-state index in [1.54, 1.807) is 17.2 Å². The van der Waals surface area contributed by atoms with Crippen molar-refractivity contribution in [3.05, 3.63) is 71.4 Å². The van der Waals surface area contributed by atoms with Gasteiger partial charge in [-0.2, -0.15) is 0 Å². The Morgan fingerprint density at radius 1 is 1.15 bits per heavy atom. The Labute approximate surface area is 284 Å². The van der Waals surface area contributed by atoms with Crippen molar-refractivity contribution in [1.82, 2.24) is 14.9 Å². The number of carbonyl (C=O) groups excluding carboxylic acids is 1. The number of ether oxygens (including phenoxy) is 2. The van der Waals surface area contributed by atoms with Crippen molar-refractivity contribution in [1.29, 1.82) is 0 Å². The minimum atomic E-state index is -3.57. The van der Waals surface area contributed by atoms with E-state index in [0.717, 1.165) is 29.4 Å². The average Bonchev–Trinajstić information content (AvgIpc) is 3.00. The summed E-state index contributed by atoms with van der Waals surface area (Å²) in [6.45, 7) is 19.9. The minimum Gasteiger partial charge on any atom is -0.444 e. The van der Waals surface area contributed by atoms with E-state index in [1.807, 2.05) is 91.8 Å². The second-order valence-corrected chi connectivity index (χ2v) is 15.3. The molecule has 258 valence electrons. The van der Waals surface area contributed by atoms with Gasteiger partial charge in [-0.05, 0) is 84.2 Å². The van der Waals surface area contributed by atoms with Crippen LogP contribution in [0.4, 0.5) is 16.4 Å². The van der Waals surface area contributed by atoms with E-state index in [9.17, 15) is 13.2 Å². The van der Waals surface area contributed by atoms with Crippen molar-refractivity contribution < 1.29 is 22.7 Å². The number of fused-ring (bicyclic) bond motifs is 1. The van der Waals surface area contributed by atoms with Crippen molar-refractivity contribution in [3.63, 3.8) is 0 Å². The van der Waals surface area contributed by atoms with Gasteiger partial charge in [0.15, 0.2) is 0 Å². The number of hydrogen-bond acceptors (Lipinski definition) is 9. The lowest BCUT2D eigenvalue weighted by molar-refractivity contribution is 0.0206. The molecule has 11 nitrogen and oxygen atoms in total. The first-order chi connectivity index (χ1) is 22.6. The number of benzene rings is 2. The zero-order chi connectivity index (χ0) is 35.2. The topological polar surface area (TPSA) is 135 Å². The lowest BCUT2D eigenvalue weighted by atomic mass is 10.0. The minimum absolute atomic E-state index is 0.0105. The van der Waals surface area contributed by atoms with E-state index in [4.69, 9.17) is 14.5 Å². The third-order valence-electron chi connectivity index (χ3n) is 7.61. The second kappa shape index (κ2) is 15.2. The fourth-order valence-electron chi connectivity index (χ4n) is 5.55. The monoisotopic (exact) mass is 676 g/mol. The molecule has 0 aliphatic carbocycles. The number of aryl methyl sites for hydroxylation is 2. The summed E-state index contributed by atoms with van der Waals surface area (Å²) in [5, 5.41) is 4.82. The molecule has 1 aromatic heterocycles. The van der Waals surface area contributed by atoms with Gasteiger partial charge < -0.3 is 19.7 Å². The summed E-state index contributed by atoms with van der Waals surface area (Å²) < 4.78 is 40.8. The number of likely N-dealkylation sites (tertiary alicyclic amines) is 1. The van der Waals surface area contributed by atoms with Gasteiger partial charge in [-0.25, -0.2) is 28.2 Å². The van der Waals surface area contributed by atoms with Crippen molar-refractivity contribution in [2.75, 3.05) is 28.9 Å². The Morgan fingerprint density at radius 2 is 1.85 bits per heavy atom. The van der Waals surface area contributed by atoms with Gasteiger partial charge in [-0.15, -0.1) is 0 Å². The van der Waals surface area contributed by atoms with E-state index in [-0.39, 0.29) is 29.7 Å². The third kappa shape index (κ3) is 9.33. The van der Waals surface area contributed by atoms with Gasteiger partial charge in [-0.1, -0.05) is 50.3 Å².